The molecule has 0 aliphatic heterocycles. The van der Waals surface area contributed by atoms with E-state index < -0.39 is 0 Å². The Morgan fingerprint density at radius 2 is 2.12 bits per heavy atom. The van der Waals surface area contributed by atoms with Gasteiger partial charge in [0.2, 0.25) is 0 Å². The van der Waals surface area contributed by atoms with Gasteiger partial charge in [-0.25, -0.2) is 0 Å². The van der Waals surface area contributed by atoms with E-state index in [9.17, 15) is 0 Å². The molecule has 0 bridgehead atoms. The zero-order chi connectivity index (χ0) is 12.0. The van der Waals surface area contributed by atoms with Crippen LogP contribution in [0.1, 0.15) is 19.4 Å². The zero-order valence-corrected chi connectivity index (χ0v) is 11.1. The van der Waals surface area contributed by atoms with E-state index in [2.05, 4.69) is 26.8 Å². The first-order valence-electron chi connectivity index (χ1n) is 5.66. The number of benzene rings is 1. The summed E-state index contributed by atoms with van der Waals surface area (Å²) in [5, 5.41) is 0. The van der Waals surface area contributed by atoms with E-state index in [-0.39, 0.29) is 0 Å². The first kappa shape index (κ1) is 13.4. The molecule has 0 atom stereocenters. The van der Waals surface area contributed by atoms with Crippen LogP contribution in [0.5, 0.6) is 0 Å². The Morgan fingerprint density at radius 1 is 1.38 bits per heavy atom. The van der Waals surface area contributed by atoms with Crippen molar-refractivity contribution in [3.05, 3.63) is 23.8 Å². The Hall–Kier alpha value is -0.670. The van der Waals surface area contributed by atoms with Crippen molar-refractivity contribution in [2.75, 3.05) is 24.7 Å². The number of aryl methyl sites for hydroxylation is 1. The number of anilines is 1. The molecule has 16 heavy (non-hydrogen) atoms. The van der Waals surface area contributed by atoms with Crippen molar-refractivity contribution >= 4 is 17.4 Å². The van der Waals surface area contributed by atoms with Gasteiger partial charge >= 0.3 is 0 Å². The lowest BCUT2D eigenvalue weighted by Gasteiger charge is -2.08. The van der Waals surface area contributed by atoms with Crippen molar-refractivity contribution < 1.29 is 4.74 Å². The molecule has 0 radical (unpaired) electrons. The first-order valence-corrected chi connectivity index (χ1v) is 6.65. The lowest BCUT2D eigenvalue weighted by Crippen LogP contribution is -2.04. The van der Waals surface area contributed by atoms with E-state index in [1.165, 1.54) is 10.5 Å². The van der Waals surface area contributed by atoms with Gasteiger partial charge in [-0.05, 0) is 36.6 Å². The summed E-state index contributed by atoms with van der Waals surface area (Å²) in [5.41, 5.74) is 7.78. The smallest absolute Gasteiger partial charge is 0.0560 e. The third-order valence-electron chi connectivity index (χ3n) is 2.14. The quantitative estimate of drug-likeness (QED) is 0.470. The molecule has 2 nitrogen and oxygen atoms in total. The van der Waals surface area contributed by atoms with Crippen molar-refractivity contribution in [1.29, 1.82) is 0 Å². The average Bonchev–Trinajstić information content (AvgIpc) is 2.20. The number of nitrogen functional groups attached to an aromatic ring is 1. The lowest BCUT2D eigenvalue weighted by atomic mass is 10.2. The van der Waals surface area contributed by atoms with Crippen LogP contribution in [0.2, 0.25) is 0 Å². The second-order valence-corrected chi connectivity index (χ2v) is 5.48. The molecule has 0 saturated heterocycles. The monoisotopic (exact) mass is 239 g/mol. The van der Waals surface area contributed by atoms with Gasteiger partial charge in [0.25, 0.3) is 0 Å². The zero-order valence-electron chi connectivity index (χ0n) is 10.3. The van der Waals surface area contributed by atoms with Crippen molar-refractivity contribution in [3.63, 3.8) is 0 Å². The minimum absolute atomic E-state index is 0.614. The molecule has 0 aromatic heterocycles. The highest BCUT2D eigenvalue weighted by atomic mass is 32.2. The topological polar surface area (TPSA) is 35.2 Å². The van der Waals surface area contributed by atoms with E-state index in [1.807, 2.05) is 23.9 Å². The number of rotatable bonds is 6. The molecule has 0 aliphatic carbocycles. The van der Waals surface area contributed by atoms with Crippen LogP contribution in [0.4, 0.5) is 5.69 Å². The molecule has 0 fully saturated rings. The summed E-state index contributed by atoms with van der Waals surface area (Å²) in [4.78, 5) is 1.29. The van der Waals surface area contributed by atoms with E-state index in [1.54, 1.807) is 0 Å². The van der Waals surface area contributed by atoms with Gasteiger partial charge in [0, 0.05) is 22.9 Å². The predicted octanol–water partition coefficient (Wildman–Crippen LogP) is 3.34. The SMILES string of the molecule is Cc1cc(N)ccc1SCCOCC(C)C. The van der Waals surface area contributed by atoms with Gasteiger partial charge < -0.3 is 10.5 Å². The van der Waals surface area contributed by atoms with Gasteiger partial charge in [-0.1, -0.05) is 13.8 Å². The number of hydrogen-bond acceptors (Lipinski definition) is 3. The van der Waals surface area contributed by atoms with Crippen LogP contribution in [-0.4, -0.2) is 19.0 Å². The fourth-order valence-electron chi connectivity index (χ4n) is 1.36. The molecule has 0 aliphatic rings. The number of hydrogen-bond donors (Lipinski definition) is 1. The number of nitrogens with two attached hydrogens (primary N) is 1. The molecular weight excluding hydrogens is 218 g/mol. The molecule has 0 unspecified atom stereocenters. The molecule has 0 spiro atoms. The van der Waals surface area contributed by atoms with Crippen molar-refractivity contribution in [3.8, 4) is 0 Å². The fraction of sp³-hybridized carbons (Fsp3) is 0.538. The Bertz CT molecular complexity index is 326. The van der Waals surface area contributed by atoms with Crippen molar-refractivity contribution in [2.24, 2.45) is 5.92 Å². The average molecular weight is 239 g/mol. The van der Waals surface area contributed by atoms with Crippen LogP contribution in [0, 0.1) is 12.8 Å². The molecule has 90 valence electrons. The maximum Gasteiger partial charge on any atom is 0.0560 e. The lowest BCUT2D eigenvalue weighted by molar-refractivity contribution is 0.124. The Kier molecular flexibility index (Phi) is 5.71. The summed E-state index contributed by atoms with van der Waals surface area (Å²) < 4.78 is 5.53. The summed E-state index contributed by atoms with van der Waals surface area (Å²) in [6, 6.07) is 6.04. The number of thioether (sulfide) groups is 1. The molecule has 1 aromatic carbocycles. The molecule has 2 N–H and O–H groups in total. The Balaban J connectivity index is 2.27. The fourth-order valence-corrected chi connectivity index (χ4v) is 2.24. The molecule has 0 saturated carbocycles. The third-order valence-corrected chi connectivity index (χ3v) is 3.28. The first-order chi connectivity index (χ1) is 7.59. The minimum Gasteiger partial charge on any atom is -0.399 e. The van der Waals surface area contributed by atoms with Gasteiger partial charge in [0.15, 0.2) is 0 Å². The highest BCUT2D eigenvalue weighted by molar-refractivity contribution is 7.99. The summed E-state index contributed by atoms with van der Waals surface area (Å²) in [6.45, 7) is 8.08. The van der Waals surface area contributed by atoms with Gasteiger partial charge in [0.1, 0.15) is 0 Å². The van der Waals surface area contributed by atoms with Crippen molar-refractivity contribution in [2.45, 2.75) is 25.7 Å². The second-order valence-electron chi connectivity index (χ2n) is 4.34. The van der Waals surface area contributed by atoms with E-state index in [0.29, 0.717) is 5.92 Å². The van der Waals surface area contributed by atoms with E-state index in [0.717, 1.165) is 24.7 Å². The molecule has 1 rings (SSSR count). The van der Waals surface area contributed by atoms with Crippen LogP contribution < -0.4 is 5.73 Å². The van der Waals surface area contributed by atoms with Crippen LogP contribution in [0.15, 0.2) is 23.1 Å². The van der Waals surface area contributed by atoms with E-state index in [4.69, 9.17) is 10.5 Å². The largest absolute Gasteiger partial charge is 0.399 e. The van der Waals surface area contributed by atoms with Gasteiger partial charge in [-0.15, -0.1) is 11.8 Å². The third kappa shape index (κ3) is 4.90. The molecule has 0 heterocycles. The summed E-state index contributed by atoms with van der Waals surface area (Å²) in [5.74, 6) is 1.61. The summed E-state index contributed by atoms with van der Waals surface area (Å²) in [6.07, 6.45) is 0. The van der Waals surface area contributed by atoms with Gasteiger partial charge in [0.05, 0.1) is 6.61 Å². The van der Waals surface area contributed by atoms with Gasteiger partial charge in [-0.2, -0.15) is 0 Å². The maximum absolute atomic E-state index is 5.70. The molecule has 0 amide bonds. The highest BCUT2D eigenvalue weighted by Gasteiger charge is 2.00. The Morgan fingerprint density at radius 3 is 2.75 bits per heavy atom. The number of ether oxygens (including phenoxy) is 1. The second kappa shape index (κ2) is 6.81. The molecule has 1 aromatic rings. The highest BCUT2D eigenvalue weighted by Crippen LogP contribution is 2.23. The maximum atomic E-state index is 5.70. The minimum atomic E-state index is 0.614. The Labute approximate surface area is 103 Å². The van der Waals surface area contributed by atoms with Crippen LogP contribution in [-0.2, 0) is 4.74 Å². The van der Waals surface area contributed by atoms with Crippen molar-refractivity contribution in [1.82, 2.24) is 0 Å². The normalized spacial score (nSPS) is 11.0. The predicted molar refractivity (Wildman–Crippen MR) is 72.0 cm³/mol. The van der Waals surface area contributed by atoms with E-state index >= 15 is 0 Å². The van der Waals surface area contributed by atoms with Gasteiger partial charge in [-0.3, -0.25) is 0 Å². The summed E-state index contributed by atoms with van der Waals surface area (Å²) >= 11 is 1.83. The molecule has 3 heteroatoms. The van der Waals surface area contributed by atoms with Crippen LogP contribution in [0.25, 0.3) is 0 Å². The summed E-state index contributed by atoms with van der Waals surface area (Å²) in [7, 11) is 0. The standard InChI is InChI=1S/C13H21NOS/c1-10(2)9-15-6-7-16-13-5-4-12(14)8-11(13)3/h4-5,8,10H,6-7,9,14H2,1-3H3. The van der Waals surface area contributed by atoms with Crippen LogP contribution in [0.3, 0.4) is 0 Å². The molecular formula is C13H21NOS. The van der Waals surface area contributed by atoms with Crippen LogP contribution >= 0.6 is 11.8 Å².